The van der Waals surface area contributed by atoms with Crippen LogP contribution >= 0.6 is 0 Å². The fourth-order valence-corrected chi connectivity index (χ4v) is 2.20. The van der Waals surface area contributed by atoms with E-state index in [-0.39, 0.29) is 12.3 Å². The van der Waals surface area contributed by atoms with Crippen LogP contribution < -0.4 is 20.3 Å². The highest BCUT2D eigenvalue weighted by Crippen LogP contribution is 2.29. The molecule has 6 nitrogen and oxygen atoms in total. The molecule has 0 unspecified atom stereocenters. The lowest BCUT2D eigenvalue weighted by Crippen LogP contribution is -2.40. The number of nitriles is 1. The van der Waals surface area contributed by atoms with Crippen LogP contribution in [0.3, 0.4) is 0 Å². The van der Waals surface area contributed by atoms with Crippen molar-refractivity contribution in [3.8, 4) is 17.6 Å². The Morgan fingerprint density at radius 3 is 2.46 bits per heavy atom. The van der Waals surface area contributed by atoms with Gasteiger partial charge in [-0.15, -0.1) is 0 Å². The van der Waals surface area contributed by atoms with Gasteiger partial charge in [0.05, 0.1) is 26.7 Å². The normalized spacial score (nSPS) is 11.2. The molecule has 0 aliphatic heterocycles. The van der Waals surface area contributed by atoms with Gasteiger partial charge in [0, 0.05) is 0 Å². The Morgan fingerprint density at radius 2 is 1.83 bits per heavy atom. The maximum atomic E-state index is 12.0. The van der Waals surface area contributed by atoms with Gasteiger partial charge in [-0.1, -0.05) is 36.4 Å². The summed E-state index contributed by atoms with van der Waals surface area (Å²) >= 11 is 0. The minimum absolute atomic E-state index is 0.220. The van der Waals surface area contributed by atoms with E-state index in [2.05, 4.69) is 16.9 Å². The molecule has 2 N–H and O–H groups in total. The summed E-state index contributed by atoms with van der Waals surface area (Å²) in [5, 5.41) is 9.34. The monoisotopic (exact) mass is 325 g/mol. The van der Waals surface area contributed by atoms with Gasteiger partial charge in [0.15, 0.2) is 11.5 Å². The molecule has 0 heterocycles. The summed E-state index contributed by atoms with van der Waals surface area (Å²) in [4.78, 5) is 12.0. The molecule has 0 bridgehead atoms. The van der Waals surface area contributed by atoms with E-state index in [1.54, 1.807) is 25.3 Å². The summed E-state index contributed by atoms with van der Waals surface area (Å²) in [7, 11) is 3.07. The van der Waals surface area contributed by atoms with E-state index in [1.807, 2.05) is 30.3 Å². The van der Waals surface area contributed by atoms with E-state index < -0.39 is 6.04 Å². The van der Waals surface area contributed by atoms with Gasteiger partial charge in [-0.05, 0) is 23.3 Å². The highest BCUT2D eigenvalue weighted by molar-refractivity contribution is 5.78. The standard InChI is InChI=1S/C18H19N3O3/c1-23-16-9-8-14(11-17(16)24-2)15(12-19)20-21-18(22)10-13-6-4-3-5-7-13/h3-9,11,15,20H,10H2,1-2H3,(H,21,22)/t15-/m1/s1. The lowest BCUT2D eigenvalue weighted by molar-refractivity contribution is -0.121. The van der Waals surface area contributed by atoms with E-state index >= 15 is 0 Å². The molecule has 0 aliphatic rings. The number of amides is 1. The molecule has 0 aromatic heterocycles. The summed E-state index contributed by atoms with van der Waals surface area (Å²) in [6.07, 6.45) is 0.234. The van der Waals surface area contributed by atoms with Crippen LogP contribution in [0.5, 0.6) is 11.5 Å². The second-order valence-corrected chi connectivity index (χ2v) is 5.03. The number of rotatable bonds is 7. The predicted molar refractivity (Wildman–Crippen MR) is 89.3 cm³/mol. The molecule has 2 aromatic rings. The number of hydrazine groups is 1. The summed E-state index contributed by atoms with van der Waals surface area (Å²) < 4.78 is 10.4. The van der Waals surface area contributed by atoms with Crippen molar-refractivity contribution in [3.63, 3.8) is 0 Å². The molecular weight excluding hydrogens is 306 g/mol. The molecule has 0 fully saturated rings. The number of hydrogen-bond donors (Lipinski definition) is 2. The molecule has 0 radical (unpaired) electrons. The molecule has 124 valence electrons. The van der Waals surface area contributed by atoms with E-state index in [9.17, 15) is 10.1 Å². The van der Waals surface area contributed by atoms with Crippen molar-refractivity contribution in [1.82, 2.24) is 10.9 Å². The third kappa shape index (κ3) is 4.48. The minimum Gasteiger partial charge on any atom is -0.493 e. The first-order valence-corrected chi connectivity index (χ1v) is 7.37. The zero-order chi connectivity index (χ0) is 17.4. The summed E-state index contributed by atoms with van der Waals surface area (Å²) in [5.41, 5.74) is 6.86. The van der Waals surface area contributed by atoms with Crippen LogP contribution in [0.1, 0.15) is 17.2 Å². The van der Waals surface area contributed by atoms with Crippen molar-refractivity contribution in [2.75, 3.05) is 14.2 Å². The fourth-order valence-electron chi connectivity index (χ4n) is 2.20. The van der Waals surface area contributed by atoms with Crippen LogP contribution in [0.25, 0.3) is 0 Å². The van der Waals surface area contributed by atoms with Gasteiger partial charge in [0.25, 0.3) is 0 Å². The maximum absolute atomic E-state index is 12.0. The third-order valence-electron chi connectivity index (χ3n) is 3.43. The topological polar surface area (TPSA) is 83.4 Å². The van der Waals surface area contributed by atoms with Gasteiger partial charge in [-0.2, -0.15) is 5.26 Å². The van der Waals surface area contributed by atoms with Crippen LogP contribution in [-0.4, -0.2) is 20.1 Å². The number of carbonyl (C=O) groups excluding carboxylic acids is 1. The highest BCUT2D eigenvalue weighted by Gasteiger charge is 2.14. The number of carbonyl (C=O) groups is 1. The molecule has 1 amide bonds. The quantitative estimate of drug-likeness (QED) is 0.762. The Balaban J connectivity index is 1.99. The molecule has 2 aromatic carbocycles. The van der Waals surface area contributed by atoms with Crippen molar-refractivity contribution >= 4 is 5.91 Å². The van der Waals surface area contributed by atoms with Crippen LogP contribution in [0.4, 0.5) is 0 Å². The second-order valence-electron chi connectivity index (χ2n) is 5.03. The van der Waals surface area contributed by atoms with E-state index in [4.69, 9.17) is 9.47 Å². The molecule has 0 saturated heterocycles. The Morgan fingerprint density at radius 1 is 1.12 bits per heavy atom. The highest BCUT2D eigenvalue weighted by atomic mass is 16.5. The molecule has 0 aliphatic carbocycles. The molecule has 2 rings (SSSR count). The molecule has 6 heteroatoms. The zero-order valence-electron chi connectivity index (χ0n) is 13.6. The average molecular weight is 325 g/mol. The molecule has 0 saturated carbocycles. The van der Waals surface area contributed by atoms with Gasteiger partial charge in [0.2, 0.25) is 5.91 Å². The van der Waals surface area contributed by atoms with Crippen LogP contribution in [0, 0.1) is 11.3 Å². The van der Waals surface area contributed by atoms with Gasteiger partial charge in [0.1, 0.15) is 6.04 Å². The van der Waals surface area contributed by atoms with Gasteiger partial charge < -0.3 is 9.47 Å². The first kappa shape index (κ1) is 17.3. The largest absolute Gasteiger partial charge is 0.493 e. The zero-order valence-corrected chi connectivity index (χ0v) is 13.6. The fraction of sp³-hybridized carbons (Fsp3) is 0.222. The number of nitrogens with zero attached hydrogens (tertiary/aromatic N) is 1. The lowest BCUT2D eigenvalue weighted by atomic mass is 10.1. The van der Waals surface area contributed by atoms with Gasteiger partial charge >= 0.3 is 0 Å². The minimum atomic E-state index is -0.704. The van der Waals surface area contributed by atoms with E-state index in [1.165, 1.54) is 7.11 Å². The van der Waals surface area contributed by atoms with E-state index in [0.717, 1.165) is 5.56 Å². The van der Waals surface area contributed by atoms with Crippen LogP contribution in [0.2, 0.25) is 0 Å². The Kier molecular flexibility index (Phi) is 6.17. The predicted octanol–water partition coefficient (Wildman–Crippen LogP) is 2.13. The second kappa shape index (κ2) is 8.56. The van der Waals surface area contributed by atoms with Gasteiger partial charge in [-0.25, -0.2) is 5.43 Å². The summed E-state index contributed by atoms with van der Waals surface area (Å²) in [6.45, 7) is 0. The summed E-state index contributed by atoms with van der Waals surface area (Å²) in [6, 6.07) is 15.9. The Hall–Kier alpha value is -3.04. The Labute approximate surface area is 141 Å². The third-order valence-corrected chi connectivity index (χ3v) is 3.43. The van der Waals surface area contributed by atoms with Gasteiger partial charge in [-0.3, -0.25) is 10.2 Å². The Bertz CT molecular complexity index is 726. The van der Waals surface area contributed by atoms with Crippen LogP contribution in [-0.2, 0) is 11.2 Å². The number of hydrogen-bond acceptors (Lipinski definition) is 5. The van der Waals surface area contributed by atoms with E-state index in [0.29, 0.717) is 17.1 Å². The number of nitrogens with one attached hydrogen (secondary N) is 2. The molecule has 0 spiro atoms. The average Bonchev–Trinajstić information content (AvgIpc) is 2.62. The SMILES string of the molecule is COc1ccc([C@@H](C#N)NNC(=O)Cc2ccccc2)cc1OC. The molecular formula is C18H19N3O3. The summed E-state index contributed by atoms with van der Waals surface area (Å²) in [5.74, 6) is 0.876. The lowest BCUT2D eigenvalue weighted by Gasteiger charge is -2.15. The number of methoxy groups -OCH3 is 2. The van der Waals surface area contributed by atoms with Crippen molar-refractivity contribution in [2.24, 2.45) is 0 Å². The maximum Gasteiger partial charge on any atom is 0.238 e. The first-order chi connectivity index (χ1) is 11.7. The first-order valence-electron chi connectivity index (χ1n) is 7.37. The number of ether oxygens (including phenoxy) is 2. The van der Waals surface area contributed by atoms with Crippen molar-refractivity contribution in [1.29, 1.82) is 5.26 Å². The molecule has 1 atom stereocenters. The van der Waals surface area contributed by atoms with Crippen molar-refractivity contribution in [2.45, 2.75) is 12.5 Å². The van der Waals surface area contributed by atoms with Crippen molar-refractivity contribution in [3.05, 3.63) is 59.7 Å². The van der Waals surface area contributed by atoms with Crippen molar-refractivity contribution < 1.29 is 14.3 Å². The number of benzene rings is 2. The van der Waals surface area contributed by atoms with Crippen LogP contribution in [0.15, 0.2) is 48.5 Å². The molecule has 24 heavy (non-hydrogen) atoms. The smallest absolute Gasteiger partial charge is 0.238 e.